The second kappa shape index (κ2) is 4.61. The molecule has 1 aromatic rings. The molecule has 0 radical (unpaired) electrons. The Bertz CT molecular complexity index is 268. The van der Waals surface area contributed by atoms with Gasteiger partial charge in [0.15, 0.2) is 0 Å². The largest absolute Gasteiger partial charge is 0.303 e. The first kappa shape index (κ1) is 9.72. The molecule has 1 aromatic carbocycles. The molecular weight excluding hydrogens is 170 g/mol. The van der Waals surface area contributed by atoms with Gasteiger partial charge in [0.1, 0.15) is 0 Å². The molecule has 0 bridgehead atoms. The van der Waals surface area contributed by atoms with Crippen LogP contribution in [0, 0.1) is 0 Å². The third-order valence-corrected chi connectivity index (χ3v) is 3.24. The summed E-state index contributed by atoms with van der Waals surface area (Å²) in [4.78, 5) is 2.51. The Morgan fingerprint density at radius 2 is 2.00 bits per heavy atom. The van der Waals surface area contributed by atoms with Gasteiger partial charge < -0.3 is 4.90 Å². The lowest BCUT2D eigenvalue weighted by atomic mass is 9.96. The van der Waals surface area contributed by atoms with Crippen LogP contribution in [0.15, 0.2) is 30.3 Å². The summed E-state index contributed by atoms with van der Waals surface area (Å²) in [5, 5.41) is 0. The highest BCUT2D eigenvalue weighted by atomic mass is 15.1. The second-order valence-electron chi connectivity index (χ2n) is 4.32. The van der Waals surface area contributed by atoms with Crippen molar-refractivity contribution in [3.8, 4) is 0 Å². The predicted molar refractivity (Wildman–Crippen MR) is 60.4 cm³/mol. The first-order valence-electron chi connectivity index (χ1n) is 5.60. The fourth-order valence-corrected chi connectivity index (χ4v) is 2.29. The highest BCUT2D eigenvalue weighted by Crippen LogP contribution is 2.18. The second-order valence-corrected chi connectivity index (χ2v) is 4.32. The molecule has 0 aromatic heterocycles. The van der Waals surface area contributed by atoms with Crippen molar-refractivity contribution in [2.75, 3.05) is 13.6 Å². The standard InChI is InChI=1S/C13H19N/c1-14-10-6-5-9-13(14)11-12-7-3-2-4-8-12/h2-4,7-8,13H,5-6,9-11H2,1H3/t13-/m1/s1. The zero-order valence-corrected chi connectivity index (χ0v) is 8.95. The zero-order valence-electron chi connectivity index (χ0n) is 8.95. The van der Waals surface area contributed by atoms with Crippen molar-refractivity contribution in [2.24, 2.45) is 0 Å². The highest BCUT2D eigenvalue weighted by Gasteiger charge is 2.18. The third-order valence-electron chi connectivity index (χ3n) is 3.24. The van der Waals surface area contributed by atoms with E-state index in [0.29, 0.717) is 0 Å². The summed E-state index contributed by atoms with van der Waals surface area (Å²) in [6.45, 7) is 1.28. The summed E-state index contributed by atoms with van der Waals surface area (Å²) in [6, 6.07) is 11.6. The van der Waals surface area contributed by atoms with Gasteiger partial charge >= 0.3 is 0 Å². The molecule has 0 amide bonds. The van der Waals surface area contributed by atoms with Crippen molar-refractivity contribution in [3.63, 3.8) is 0 Å². The van der Waals surface area contributed by atoms with E-state index in [4.69, 9.17) is 0 Å². The summed E-state index contributed by atoms with van der Waals surface area (Å²) in [7, 11) is 2.26. The smallest absolute Gasteiger partial charge is 0.0133 e. The molecule has 0 N–H and O–H groups in total. The Morgan fingerprint density at radius 1 is 1.21 bits per heavy atom. The van der Waals surface area contributed by atoms with Gasteiger partial charge in [0.05, 0.1) is 0 Å². The normalized spacial score (nSPS) is 23.6. The van der Waals surface area contributed by atoms with Crippen LogP contribution < -0.4 is 0 Å². The lowest BCUT2D eigenvalue weighted by Crippen LogP contribution is -2.37. The molecule has 0 saturated carbocycles. The van der Waals surface area contributed by atoms with Crippen molar-refractivity contribution in [1.29, 1.82) is 0 Å². The fourth-order valence-electron chi connectivity index (χ4n) is 2.29. The molecule has 1 nitrogen and oxygen atoms in total. The SMILES string of the molecule is CN1CCCC[C@@H]1Cc1ccccc1. The van der Waals surface area contributed by atoms with Crippen molar-refractivity contribution in [3.05, 3.63) is 35.9 Å². The molecule has 1 aliphatic rings. The van der Waals surface area contributed by atoms with E-state index in [0.717, 1.165) is 6.04 Å². The van der Waals surface area contributed by atoms with Crippen molar-refractivity contribution >= 4 is 0 Å². The number of likely N-dealkylation sites (N-methyl/N-ethyl adjacent to an activating group) is 1. The number of hydrogen-bond acceptors (Lipinski definition) is 1. The van der Waals surface area contributed by atoms with Gasteiger partial charge in [0.25, 0.3) is 0 Å². The van der Waals surface area contributed by atoms with Gasteiger partial charge in [-0.25, -0.2) is 0 Å². The van der Waals surface area contributed by atoms with Crippen molar-refractivity contribution < 1.29 is 0 Å². The first-order valence-corrected chi connectivity index (χ1v) is 5.60. The lowest BCUT2D eigenvalue weighted by molar-refractivity contribution is 0.184. The van der Waals surface area contributed by atoms with E-state index in [-0.39, 0.29) is 0 Å². The molecule has 1 saturated heterocycles. The highest BCUT2D eigenvalue weighted by molar-refractivity contribution is 5.16. The van der Waals surface area contributed by atoms with Gasteiger partial charge in [-0.15, -0.1) is 0 Å². The Kier molecular flexibility index (Phi) is 3.20. The average molecular weight is 189 g/mol. The molecular formula is C13H19N. The van der Waals surface area contributed by atoms with E-state index in [1.54, 1.807) is 0 Å². The van der Waals surface area contributed by atoms with Crippen LogP contribution in [0.3, 0.4) is 0 Å². The number of rotatable bonds is 2. The van der Waals surface area contributed by atoms with Crippen LogP contribution in [0.1, 0.15) is 24.8 Å². The fraction of sp³-hybridized carbons (Fsp3) is 0.538. The zero-order chi connectivity index (χ0) is 9.80. The van der Waals surface area contributed by atoms with Gasteiger partial charge in [-0.2, -0.15) is 0 Å². The minimum absolute atomic E-state index is 0.770. The Hall–Kier alpha value is -0.820. The molecule has 1 fully saturated rings. The minimum atomic E-state index is 0.770. The number of benzene rings is 1. The van der Waals surface area contributed by atoms with Crippen LogP contribution in [0.4, 0.5) is 0 Å². The number of piperidine rings is 1. The van der Waals surface area contributed by atoms with Crippen LogP contribution in [-0.4, -0.2) is 24.5 Å². The number of nitrogens with zero attached hydrogens (tertiary/aromatic N) is 1. The topological polar surface area (TPSA) is 3.24 Å². The van der Waals surface area contributed by atoms with Crippen LogP contribution in [-0.2, 0) is 6.42 Å². The summed E-state index contributed by atoms with van der Waals surface area (Å²) >= 11 is 0. The Balaban J connectivity index is 1.96. The van der Waals surface area contributed by atoms with E-state index < -0.39 is 0 Å². The van der Waals surface area contributed by atoms with Crippen LogP contribution in [0.5, 0.6) is 0 Å². The maximum atomic E-state index is 2.51. The molecule has 1 aliphatic heterocycles. The molecule has 0 aliphatic carbocycles. The van der Waals surface area contributed by atoms with Gasteiger partial charge in [0, 0.05) is 6.04 Å². The van der Waals surface area contributed by atoms with Gasteiger partial charge in [-0.3, -0.25) is 0 Å². The number of likely N-dealkylation sites (tertiary alicyclic amines) is 1. The van der Waals surface area contributed by atoms with Crippen molar-refractivity contribution in [1.82, 2.24) is 4.90 Å². The maximum Gasteiger partial charge on any atom is 0.0133 e. The van der Waals surface area contributed by atoms with E-state index >= 15 is 0 Å². The minimum Gasteiger partial charge on any atom is -0.303 e. The quantitative estimate of drug-likeness (QED) is 0.691. The van der Waals surface area contributed by atoms with Crippen LogP contribution in [0.25, 0.3) is 0 Å². The molecule has 1 heterocycles. The summed E-state index contributed by atoms with van der Waals surface area (Å²) < 4.78 is 0. The lowest BCUT2D eigenvalue weighted by Gasteiger charge is -2.32. The Labute approximate surface area is 86.7 Å². The van der Waals surface area contributed by atoms with Crippen LogP contribution >= 0.6 is 0 Å². The van der Waals surface area contributed by atoms with E-state index in [1.807, 2.05) is 0 Å². The molecule has 1 heteroatoms. The van der Waals surface area contributed by atoms with Crippen molar-refractivity contribution in [2.45, 2.75) is 31.7 Å². The first-order chi connectivity index (χ1) is 6.86. The summed E-state index contributed by atoms with van der Waals surface area (Å²) in [6.07, 6.45) is 5.37. The van der Waals surface area contributed by atoms with Gasteiger partial charge in [-0.05, 0) is 38.4 Å². The summed E-state index contributed by atoms with van der Waals surface area (Å²) in [5.74, 6) is 0. The van der Waals surface area contributed by atoms with E-state index in [2.05, 4.69) is 42.3 Å². The molecule has 1 atom stereocenters. The third kappa shape index (κ3) is 2.36. The van der Waals surface area contributed by atoms with Gasteiger partial charge in [0.2, 0.25) is 0 Å². The molecule has 2 rings (SSSR count). The number of hydrogen-bond donors (Lipinski definition) is 0. The monoisotopic (exact) mass is 189 g/mol. The molecule has 0 spiro atoms. The molecule has 76 valence electrons. The van der Waals surface area contributed by atoms with Gasteiger partial charge in [-0.1, -0.05) is 36.8 Å². The molecule has 0 unspecified atom stereocenters. The molecule has 14 heavy (non-hydrogen) atoms. The van der Waals surface area contributed by atoms with E-state index in [1.165, 1.54) is 37.8 Å². The van der Waals surface area contributed by atoms with Crippen LogP contribution in [0.2, 0.25) is 0 Å². The maximum absolute atomic E-state index is 2.51. The van der Waals surface area contributed by atoms with E-state index in [9.17, 15) is 0 Å². The average Bonchev–Trinajstić information content (AvgIpc) is 2.23. The predicted octanol–water partition coefficient (Wildman–Crippen LogP) is 2.71. The Morgan fingerprint density at radius 3 is 2.71 bits per heavy atom. The summed E-state index contributed by atoms with van der Waals surface area (Å²) in [5.41, 5.74) is 1.48.